The molecule has 2 aromatic carbocycles. The van der Waals surface area contributed by atoms with E-state index in [0.717, 1.165) is 22.6 Å². The number of halogens is 1. The molecular formula is C17H16ClN3O2. The predicted molar refractivity (Wildman–Crippen MR) is 89.8 cm³/mol. The highest BCUT2D eigenvalue weighted by molar-refractivity contribution is 6.30. The van der Waals surface area contributed by atoms with Crippen LogP contribution >= 0.6 is 11.6 Å². The molecule has 1 aromatic heterocycles. The van der Waals surface area contributed by atoms with E-state index < -0.39 is 0 Å². The Bertz CT molecular complexity index is 817. The van der Waals surface area contributed by atoms with Crippen molar-refractivity contribution in [2.45, 2.75) is 13.5 Å². The lowest BCUT2D eigenvalue weighted by Crippen LogP contribution is -2.01. The Morgan fingerprint density at radius 2 is 2.04 bits per heavy atom. The summed E-state index contributed by atoms with van der Waals surface area (Å²) in [4.78, 5) is 0. The van der Waals surface area contributed by atoms with E-state index in [1.807, 2.05) is 49.4 Å². The number of nitrogens with one attached hydrogen (secondary N) is 1. The van der Waals surface area contributed by atoms with Crippen molar-refractivity contribution in [3.8, 4) is 17.2 Å². The van der Waals surface area contributed by atoms with Crippen molar-refractivity contribution in [1.29, 1.82) is 0 Å². The van der Waals surface area contributed by atoms with Crippen molar-refractivity contribution in [2.24, 2.45) is 0 Å². The van der Waals surface area contributed by atoms with Crippen LogP contribution in [0.25, 0.3) is 11.5 Å². The number of hydrogen-bond acceptors (Lipinski definition) is 5. The molecule has 3 aromatic rings. The van der Waals surface area contributed by atoms with Gasteiger partial charge in [0.05, 0.1) is 13.7 Å². The third kappa shape index (κ3) is 3.63. The van der Waals surface area contributed by atoms with E-state index in [9.17, 15) is 0 Å². The van der Waals surface area contributed by atoms with Crippen molar-refractivity contribution in [1.82, 2.24) is 10.2 Å². The van der Waals surface area contributed by atoms with Crippen molar-refractivity contribution >= 4 is 17.3 Å². The molecule has 3 rings (SSSR count). The highest BCUT2D eigenvalue weighted by atomic mass is 35.5. The Labute approximate surface area is 139 Å². The van der Waals surface area contributed by atoms with Gasteiger partial charge in [0.15, 0.2) is 0 Å². The molecule has 0 saturated heterocycles. The number of rotatable bonds is 5. The Morgan fingerprint density at radius 1 is 1.17 bits per heavy atom. The van der Waals surface area contributed by atoms with Crippen LogP contribution in [0.15, 0.2) is 46.9 Å². The lowest BCUT2D eigenvalue weighted by atomic mass is 10.2. The van der Waals surface area contributed by atoms with Gasteiger partial charge >= 0.3 is 0 Å². The fourth-order valence-electron chi connectivity index (χ4n) is 2.15. The fraction of sp³-hybridized carbons (Fsp3) is 0.176. The summed E-state index contributed by atoms with van der Waals surface area (Å²) in [6.07, 6.45) is 0. The van der Waals surface area contributed by atoms with Crippen LogP contribution in [-0.4, -0.2) is 17.3 Å². The van der Waals surface area contributed by atoms with Crippen LogP contribution in [0.4, 0.5) is 5.69 Å². The molecule has 0 radical (unpaired) electrons. The summed E-state index contributed by atoms with van der Waals surface area (Å²) in [5.74, 6) is 1.71. The van der Waals surface area contributed by atoms with Gasteiger partial charge in [-0.25, -0.2) is 0 Å². The van der Waals surface area contributed by atoms with Crippen LogP contribution in [0.1, 0.15) is 11.5 Å². The van der Waals surface area contributed by atoms with E-state index in [-0.39, 0.29) is 0 Å². The molecule has 0 unspecified atom stereocenters. The van der Waals surface area contributed by atoms with Gasteiger partial charge in [-0.15, -0.1) is 10.2 Å². The van der Waals surface area contributed by atoms with Crippen molar-refractivity contribution in [3.63, 3.8) is 0 Å². The molecule has 0 aliphatic rings. The third-order valence-corrected chi connectivity index (χ3v) is 3.65. The lowest BCUT2D eigenvalue weighted by molar-refractivity contribution is 0.414. The average Bonchev–Trinajstić information content (AvgIpc) is 3.05. The van der Waals surface area contributed by atoms with E-state index in [4.69, 9.17) is 20.8 Å². The van der Waals surface area contributed by atoms with Crippen molar-refractivity contribution in [3.05, 3.63) is 58.9 Å². The van der Waals surface area contributed by atoms with E-state index in [2.05, 4.69) is 15.5 Å². The first kappa shape index (κ1) is 15.4. The average molecular weight is 330 g/mol. The van der Waals surface area contributed by atoms with Gasteiger partial charge < -0.3 is 14.5 Å². The zero-order valence-corrected chi connectivity index (χ0v) is 13.6. The second kappa shape index (κ2) is 6.71. The second-order valence-electron chi connectivity index (χ2n) is 5.05. The molecule has 0 amide bonds. The van der Waals surface area contributed by atoms with Gasteiger partial charge in [-0.2, -0.15) is 0 Å². The number of ether oxygens (including phenoxy) is 1. The molecule has 0 atom stereocenters. The van der Waals surface area contributed by atoms with Crippen molar-refractivity contribution in [2.75, 3.05) is 12.4 Å². The minimum atomic E-state index is 0.429. The maximum absolute atomic E-state index is 6.01. The number of benzene rings is 2. The smallest absolute Gasteiger partial charge is 0.247 e. The molecule has 0 saturated carbocycles. The van der Waals surface area contributed by atoms with Gasteiger partial charge in [-0.3, -0.25) is 0 Å². The fourth-order valence-corrected chi connectivity index (χ4v) is 2.33. The van der Waals surface area contributed by atoms with Crippen molar-refractivity contribution < 1.29 is 9.15 Å². The molecule has 6 heteroatoms. The molecule has 0 fully saturated rings. The molecule has 1 heterocycles. The van der Waals surface area contributed by atoms with Gasteiger partial charge in [0.2, 0.25) is 11.8 Å². The van der Waals surface area contributed by atoms with Gasteiger partial charge in [-0.1, -0.05) is 23.7 Å². The predicted octanol–water partition coefficient (Wildman–Crippen LogP) is 4.32. The summed E-state index contributed by atoms with van der Waals surface area (Å²) < 4.78 is 10.9. The minimum absolute atomic E-state index is 0.429. The molecular weight excluding hydrogens is 314 g/mol. The summed E-state index contributed by atoms with van der Waals surface area (Å²) in [5, 5.41) is 12.1. The number of hydrogen-bond donors (Lipinski definition) is 1. The van der Waals surface area contributed by atoms with Gasteiger partial charge in [0.25, 0.3) is 0 Å². The van der Waals surface area contributed by atoms with Crippen LogP contribution in [0, 0.1) is 6.92 Å². The summed E-state index contributed by atoms with van der Waals surface area (Å²) >= 11 is 6.01. The zero-order valence-electron chi connectivity index (χ0n) is 12.8. The highest BCUT2D eigenvalue weighted by Crippen LogP contribution is 2.24. The SMILES string of the molecule is COc1cccc(-c2nnc(CNc3cc(Cl)ccc3C)o2)c1. The molecule has 0 aliphatic heterocycles. The summed E-state index contributed by atoms with van der Waals surface area (Å²) in [5.41, 5.74) is 2.86. The molecule has 0 bridgehead atoms. The van der Waals surface area contributed by atoms with Gasteiger partial charge in [-0.05, 0) is 42.8 Å². The van der Waals surface area contributed by atoms with Gasteiger partial charge in [0, 0.05) is 16.3 Å². The molecule has 23 heavy (non-hydrogen) atoms. The lowest BCUT2D eigenvalue weighted by Gasteiger charge is -2.07. The first-order valence-corrected chi connectivity index (χ1v) is 7.50. The molecule has 1 N–H and O–H groups in total. The molecule has 0 spiro atoms. The number of methoxy groups -OCH3 is 1. The Morgan fingerprint density at radius 3 is 2.87 bits per heavy atom. The van der Waals surface area contributed by atoms with Gasteiger partial charge in [0.1, 0.15) is 5.75 Å². The summed E-state index contributed by atoms with van der Waals surface area (Å²) in [6, 6.07) is 13.2. The Hall–Kier alpha value is -2.53. The first-order valence-electron chi connectivity index (χ1n) is 7.12. The zero-order chi connectivity index (χ0) is 16.2. The summed E-state index contributed by atoms with van der Waals surface area (Å²) in [6.45, 7) is 2.44. The monoisotopic (exact) mass is 329 g/mol. The number of nitrogens with zero attached hydrogens (tertiary/aromatic N) is 2. The Kier molecular flexibility index (Phi) is 4.48. The topological polar surface area (TPSA) is 60.2 Å². The maximum Gasteiger partial charge on any atom is 0.247 e. The van der Waals surface area contributed by atoms with Crippen LogP contribution in [0.5, 0.6) is 5.75 Å². The number of anilines is 1. The minimum Gasteiger partial charge on any atom is -0.497 e. The summed E-state index contributed by atoms with van der Waals surface area (Å²) in [7, 11) is 1.62. The normalized spacial score (nSPS) is 10.6. The molecule has 5 nitrogen and oxygen atoms in total. The van der Waals surface area contributed by atoms with Crippen LogP contribution < -0.4 is 10.1 Å². The second-order valence-corrected chi connectivity index (χ2v) is 5.48. The Balaban J connectivity index is 1.73. The van der Waals surface area contributed by atoms with Crippen LogP contribution in [-0.2, 0) is 6.54 Å². The van der Waals surface area contributed by atoms with E-state index in [0.29, 0.717) is 23.3 Å². The quantitative estimate of drug-likeness (QED) is 0.755. The number of aryl methyl sites for hydroxylation is 1. The van der Waals surface area contributed by atoms with Crippen LogP contribution in [0.2, 0.25) is 5.02 Å². The van der Waals surface area contributed by atoms with E-state index >= 15 is 0 Å². The van der Waals surface area contributed by atoms with E-state index in [1.165, 1.54) is 0 Å². The largest absolute Gasteiger partial charge is 0.497 e. The van der Waals surface area contributed by atoms with E-state index in [1.54, 1.807) is 7.11 Å². The molecule has 118 valence electrons. The molecule has 0 aliphatic carbocycles. The first-order chi connectivity index (χ1) is 11.2. The standard InChI is InChI=1S/C17H16ClN3O2/c1-11-6-7-13(18)9-15(11)19-10-16-20-21-17(23-16)12-4-3-5-14(8-12)22-2/h3-9,19H,10H2,1-2H3. The third-order valence-electron chi connectivity index (χ3n) is 3.41. The maximum atomic E-state index is 6.01. The van der Waals surface area contributed by atoms with Crippen LogP contribution in [0.3, 0.4) is 0 Å². The number of aromatic nitrogens is 2. The highest BCUT2D eigenvalue weighted by Gasteiger charge is 2.10.